The van der Waals surface area contributed by atoms with E-state index in [0.29, 0.717) is 6.42 Å². The van der Waals surface area contributed by atoms with Gasteiger partial charge in [0.2, 0.25) is 0 Å². The van der Waals surface area contributed by atoms with Crippen molar-refractivity contribution in [3.63, 3.8) is 0 Å². The van der Waals surface area contributed by atoms with Crippen molar-refractivity contribution in [2.75, 3.05) is 4.90 Å². The van der Waals surface area contributed by atoms with Crippen molar-refractivity contribution in [3.05, 3.63) is 35.9 Å². The van der Waals surface area contributed by atoms with Crippen LogP contribution in [0.15, 0.2) is 30.3 Å². The van der Waals surface area contributed by atoms with Gasteiger partial charge >= 0.3 is 0 Å². The van der Waals surface area contributed by atoms with Crippen LogP contribution in [0.25, 0.3) is 5.57 Å². The topological polar surface area (TPSA) is 58.4 Å². The van der Waals surface area contributed by atoms with Crippen LogP contribution >= 0.6 is 0 Å². The highest BCUT2D eigenvalue weighted by atomic mass is 16.2. The Hall–Kier alpha value is -1.81. The van der Waals surface area contributed by atoms with E-state index in [4.69, 9.17) is 5.84 Å². The Labute approximate surface area is 120 Å². The maximum Gasteiger partial charge on any atom is 0.256 e. The number of amides is 1. The average Bonchev–Trinajstić information content (AvgIpc) is 2.42. The van der Waals surface area contributed by atoms with E-state index in [1.54, 1.807) is 0 Å². The summed E-state index contributed by atoms with van der Waals surface area (Å²) in [6.07, 6.45) is 2.91. The van der Waals surface area contributed by atoms with Gasteiger partial charge in [-0.2, -0.15) is 0 Å². The van der Waals surface area contributed by atoms with Gasteiger partial charge < -0.3 is 4.90 Å². The number of nitrogens with one attached hydrogen (secondary N) is 1. The molecule has 1 aliphatic heterocycles. The molecule has 0 saturated heterocycles. The molecular formula is C16H23N3O. The third-order valence-corrected chi connectivity index (χ3v) is 3.92. The lowest BCUT2D eigenvalue weighted by atomic mass is 9.86. The number of carbonyl (C=O) groups excluding carboxylic acids is 1. The molecule has 4 heteroatoms. The van der Waals surface area contributed by atoms with Gasteiger partial charge in [0.05, 0.1) is 5.54 Å². The van der Waals surface area contributed by atoms with Crippen LogP contribution in [0.4, 0.5) is 5.69 Å². The first kappa shape index (κ1) is 14.6. The van der Waals surface area contributed by atoms with Crippen molar-refractivity contribution in [2.45, 2.75) is 45.7 Å². The third kappa shape index (κ3) is 2.31. The van der Waals surface area contributed by atoms with Crippen LogP contribution in [0.5, 0.6) is 0 Å². The fraction of sp³-hybridized carbons (Fsp3) is 0.438. The summed E-state index contributed by atoms with van der Waals surface area (Å²) in [5, 5.41) is 0. The highest BCUT2D eigenvalue weighted by Crippen LogP contribution is 2.40. The number of anilines is 1. The van der Waals surface area contributed by atoms with E-state index in [2.05, 4.69) is 49.3 Å². The summed E-state index contributed by atoms with van der Waals surface area (Å²) in [5.41, 5.74) is 5.57. The summed E-state index contributed by atoms with van der Waals surface area (Å²) in [6, 6.07) is 7.92. The normalized spacial score (nSPS) is 18.1. The number of nitrogens with two attached hydrogens (primary N) is 1. The molecule has 4 nitrogen and oxygen atoms in total. The third-order valence-electron chi connectivity index (χ3n) is 3.92. The summed E-state index contributed by atoms with van der Waals surface area (Å²) < 4.78 is 0. The minimum atomic E-state index is -0.277. The molecule has 1 atom stereocenters. The monoisotopic (exact) mass is 273 g/mol. The van der Waals surface area contributed by atoms with E-state index >= 15 is 0 Å². The van der Waals surface area contributed by atoms with Crippen molar-refractivity contribution < 1.29 is 4.79 Å². The molecular weight excluding hydrogens is 250 g/mol. The van der Waals surface area contributed by atoms with Crippen LogP contribution in [-0.4, -0.2) is 17.5 Å². The highest BCUT2D eigenvalue weighted by molar-refractivity contribution is 5.89. The van der Waals surface area contributed by atoms with E-state index in [1.807, 2.05) is 19.1 Å². The molecule has 1 aromatic carbocycles. The molecule has 2 rings (SSSR count). The van der Waals surface area contributed by atoms with Crippen molar-refractivity contribution in [2.24, 2.45) is 5.84 Å². The second kappa shape index (κ2) is 5.29. The van der Waals surface area contributed by atoms with E-state index in [0.717, 1.165) is 5.69 Å². The zero-order chi connectivity index (χ0) is 14.9. The largest absolute Gasteiger partial charge is 0.350 e. The van der Waals surface area contributed by atoms with E-state index in [1.165, 1.54) is 11.1 Å². The molecule has 0 bridgehead atoms. The number of benzene rings is 1. The molecule has 3 N–H and O–H groups in total. The van der Waals surface area contributed by atoms with Gasteiger partial charge in [-0.3, -0.25) is 10.2 Å². The number of hydrazine groups is 1. The van der Waals surface area contributed by atoms with E-state index in [-0.39, 0.29) is 17.5 Å². The molecule has 20 heavy (non-hydrogen) atoms. The Balaban J connectivity index is 2.58. The van der Waals surface area contributed by atoms with Crippen LogP contribution in [0.1, 0.15) is 39.7 Å². The molecule has 1 amide bonds. The fourth-order valence-electron chi connectivity index (χ4n) is 3.16. The first-order valence-corrected chi connectivity index (χ1v) is 7.01. The van der Waals surface area contributed by atoms with Gasteiger partial charge in [0.15, 0.2) is 0 Å². The number of hydrogen-bond acceptors (Lipinski definition) is 3. The second-order valence-electron chi connectivity index (χ2n) is 5.80. The fourth-order valence-corrected chi connectivity index (χ4v) is 3.16. The molecule has 1 unspecified atom stereocenters. The van der Waals surface area contributed by atoms with Crippen LogP contribution in [0.3, 0.4) is 0 Å². The molecule has 108 valence electrons. The maximum atomic E-state index is 12.1. The number of hydrogen-bond donors (Lipinski definition) is 2. The number of rotatable bonds is 3. The highest BCUT2D eigenvalue weighted by Gasteiger charge is 2.38. The molecule has 0 aromatic heterocycles. The predicted molar refractivity (Wildman–Crippen MR) is 83.1 cm³/mol. The first-order chi connectivity index (χ1) is 9.42. The van der Waals surface area contributed by atoms with Crippen molar-refractivity contribution >= 4 is 17.2 Å². The van der Waals surface area contributed by atoms with Gasteiger partial charge in [0.25, 0.3) is 5.91 Å². The summed E-state index contributed by atoms with van der Waals surface area (Å²) in [7, 11) is 0. The Kier molecular flexibility index (Phi) is 3.86. The molecule has 1 heterocycles. The summed E-state index contributed by atoms with van der Waals surface area (Å²) in [5.74, 6) is 5.20. The Morgan fingerprint density at radius 3 is 2.65 bits per heavy atom. The van der Waals surface area contributed by atoms with Crippen LogP contribution in [0, 0.1) is 0 Å². The lowest BCUT2D eigenvalue weighted by molar-refractivity contribution is -0.122. The molecule has 0 spiro atoms. The molecule has 1 aliphatic rings. The summed E-state index contributed by atoms with van der Waals surface area (Å²) in [4.78, 5) is 14.3. The minimum Gasteiger partial charge on any atom is -0.350 e. The predicted octanol–water partition coefficient (Wildman–Crippen LogP) is 2.46. The molecule has 0 aliphatic carbocycles. The number of nitrogens with zero attached hydrogens (tertiary/aromatic N) is 1. The van der Waals surface area contributed by atoms with Gasteiger partial charge in [-0.25, -0.2) is 5.84 Å². The summed E-state index contributed by atoms with van der Waals surface area (Å²) >= 11 is 0. The van der Waals surface area contributed by atoms with Gasteiger partial charge in [0, 0.05) is 11.3 Å². The van der Waals surface area contributed by atoms with Gasteiger partial charge in [-0.05, 0) is 38.8 Å². The molecule has 1 aromatic rings. The zero-order valence-electron chi connectivity index (χ0n) is 12.6. The van der Waals surface area contributed by atoms with Crippen LogP contribution in [-0.2, 0) is 4.79 Å². The zero-order valence-corrected chi connectivity index (χ0v) is 12.6. The molecule has 0 saturated carbocycles. The van der Waals surface area contributed by atoms with E-state index in [9.17, 15) is 4.79 Å². The average molecular weight is 273 g/mol. The van der Waals surface area contributed by atoms with E-state index < -0.39 is 0 Å². The second-order valence-corrected chi connectivity index (χ2v) is 5.80. The minimum absolute atomic E-state index is 0.150. The number of para-hydroxylation sites is 1. The lowest BCUT2D eigenvalue weighted by Crippen LogP contribution is -2.57. The maximum absolute atomic E-state index is 12.1. The van der Waals surface area contributed by atoms with Crippen molar-refractivity contribution in [3.8, 4) is 0 Å². The Bertz CT molecular complexity index is 548. The Morgan fingerprint density at radius 1 is 1.40 bits per heavy atom. The Morgan fingerprint density at radius 2 is 2.05 bits per heavy atom. The SMILES string of the molecule is CCC(C(=O)NN)N1c2ccccc2C(C)=CC1(C)C. The lowest BCUT2D eigenvalue weighted by Gasteiger charge is -2.46. The van der Waals surface area contributed by atoms with Gasteiger partial charge in [0.1, 0.15) is 6.04 Å². The number of carbonyl (C=O) groups is 1. The number of allylic oxidation sites excluding steroid dienone is 1. The van der Waals surface area contributed by atoms with Gasteiger partial charge in [-0.15, -0.1) is 0 Å². The smallest absolute Gasteiger partial charge is 0.256 e. The van der Waals surface area contributed by atoms with Gasteiger partial charge in [-0.1, -0.05) is 31.2 Å². The standard InChI is InChI=1S/C16H23N3O/c1-5-13(15(20)18-17)19-14-9-7-6-8-12(14)11(2)10-16(19,3)4/h6-10,13H,5,17H2,1-4H3,(H,18,20). The first-order valence-electron chi connectivity index (χ1n) is 7.01. The molecule has 0 radical (unpaired) electrons. The van der Waals surface area contributed by atoms with Crippen molar-refractivity contribution in [1.29, 1.82) is 0 Å². The van der Waals surface area contributed by atoms with Crippen LogP contribution in [0.2, 0.25) is 0 Å². The van der Waals surface area contributed by atoms with Crippen LogP contribution < -0.4 is 16.2 Å². The number of fused-ring (bicyclic) bond motifs is 1. The molecule has 0 fully saturated rings. The summed E-state index contributed by atoms with van der Waals surface area (Å²) in [6.45, 7) is 8.36. The van der Waals surface area contributed by atoms with Crippen molar-refractivity contribution in [1.82, 2.24) is 5.43 Å². The quantitative estimate of drug-likeness (QED) is 0.505.